The Morgan fingerprint density at radius 2 is 1.69 bits per heavy atom. The van der Waals surface area contributed by atoms with Crippen molar-refractivity contribution in [3.63, 3.8) is 0 Å². The maximum Gasteiger partial charge on any atom is 0.232 e. The molecule has 0 radical (unpaired) electrons. The summed E-state index contributed by atoms with van der Waals surface area (Å²) in [4.78, 5) is 12.2. The summed E-state index contributed by atoms with van der Waals surface area (Å²) in [5.41, 5.74) is 4.67. The van der Waals surface area contributed by atoms with Gasteiger partial charge in [0.2, 0.25) is 15.9 Å². The van der Waals surface area contributed by atoms with Gasteiger partial charge in [-0.15, -0.1) is 0 Å². The molecule has 0 aliphatic carbocycles. The van der Waals surface area contributed by atoms with Crippen LogP contribution in [0.5, 0.6) is 0 Å². The van der Waals surface area contributed by atoms with Crippen LogP contribution in [0, 0.1) is 13.8 Å². The number of sulfonamides is 1. The third-order valence-corrected chi connectivity index (χ3v) is 5.56. The van der Waals surface area contributed by atoms with E-state index in [2.05, 4.69) is 5.32 Å². The van der Waals surface area contributed by atoms with Gasteiger partial charge in [-0.1, -0.05) is 25.1 Å². The number of hydrogen-bond acceptors (Lipinski definition) is 3. The molecular weight excluding hydrogens is 348 g/mol. The van der Waals surface area contributed by atoms with Crippen LogP contribution in [0.1, 0.15) is 30.0 Å². The number of carbonyl (C=O) groups excluding carboxylic acids is 1. The molecule has 0 aromatic heterocycles. The molecule has 0 saturated carbocycles. The van der Waals surface area contributed by atoms with Gasteiger partial charge in [-0.2, -0.15) is 0 Å². The first-order chi connectivity index (χ1) is 12.2. The SMILES string of the molecule is CCc1ccc(N(CCC(=O)Nc2ccc(C)c(C)c2)S(C)(=O)=O)cc1. The minimum absolute atomic E-state index is 0.0789. The van der Waals surface area contributed by atoms with Crippen LogP contribution in [-0.2, 0) is 21.2 Å². The smallest absolute Gasteiger partial charge is 0.232 e. The molecule has 6 heteroatoms. The van der Waals surface area contributed by atoms with E-state index < -0.39 is 10.0 Å². The van der Waals surface area contributed by atoms with Crippen LogP contribution in [0.2, 0.25) is 0 Å². The third kappa shape index (κ3) is 5.33. The van der Waals surface area contributed by atoms with Crippen LogP contribution in [-0.4, -0.2) is 27.1 Å². The van der Waals surface area contributed by atoms with Gasteiger partial charge < -0.3 is 5.32 Å². The molecule has 0 spiro atoms. The highest BCUT2D eigenvalue weighted by Crippen LogP contribution is 2.19. The summed E-state index contributed by atoms with van der Waals surface area (Å²) < 4.78 is 25.5. The third-order valence-electron chi connectivity index (χ3n) is 4.37. The molecule has 2 aromatic rings. The van der Waals surface area contributed by atoms with Crippen molar-refractivity contribution in [2.45, 2.75) is 33.6 Å². The molecule has 140 valence electrons. The van der Waals surface area contributed by atoms with Gasteiger partial charge >= 0.3 is 0 Å². The van der Waals surface area contributed by atoms with Crippen LogP contribution in [0.15, 0.2) is 42.5 Å². The number of benzene rings is 2. The molecule has 2 rings (SSSR count). The van der Waals surface area contributed by atoms with Crippen molar-refractivity contribution in [2.75, 3.05) is 22.4 Å². The van der Waals surface area contributed by atoms with Crippen LogP contribution >= 0.6 is 0 Å². The molecule has 2 aromatic carbocycles. The number of aryl methyl sites for hydroxylation is 3. The zero-order valence-corrected chi connectivity index (χ0v) is 16.6. The first-order valence-electron chi connectivity index (χ1n) is 8.64. The van der Waals surface area contributed by atoms with Gasteiger partial charge in [0.1, 0.15) is 0 Å². The predicted molar refractivity (Wildman–Crippen MR) is 107 cm³/mol. The Morgan fingerprint density at radius 1 is 1.04 bits per heavy atom. The Labute approximate surface area is 156 Å². The number of carbonyl (C=O) groups is 1. The van der Waals surface area contributed by atoms with Crippen LogP contribution in [0.3, 0.4) is 0 Å². The second-order valence-electron chi connectivity index (χ2n) is 6.45. The highest BCUT2D eigenvalue weighted by Gasteiger charge is 2.18. The summed E-state index contributed by atoms with van der Waals surface area (Å²) in [5.74, 6) is -0.216. The van der Waals surface area contributed by atoms with Gasteiger partial charge in [-0.25, -0.2) is 8.42 Å². The molecule has 5 nitrogen and oxygen atoms in total. The van der Waals surface area contributed by atoms with Crippen molar-refractivity contribution in [3.8, 4) is 0 Å². The first-order valence-corrected chi connectivity index (χ1v) is 10.5. The molecule has 1 N–H and O–H groups in total. The average Bonchev–Trinajstić information content (AvgIpc) is 2.58. The van der Waals surface area contributed by atoms with Gasteiger partial charge in [0.25, 0.3) is 0 Å². The summed E-state index contributed by atoms with van der Waals surface area (Å²) in [6.07, 6.45) is 2.12. The molecule has 1 amide bonds. The Bertz CT molecular complexity index is 874. The van der Waals surface area contributed by atoms with Crippen molar-refractivity contribution >= 4 is 27.3 Å². The molecule has 0 saturated heterocycles. The topological polar surface area (TPSA) is 66.5 Å². The van der Waals surface area contributed by atoms with Crippen LogP contribution in [0.25, 0.3) is 0 Å². The molecule has 0 unspecified atom stereocenters. The normalized spacial score (nSPS) is 11.2. The lowest BCUT2D eigenvalue weighted by molar-refractivity contribution is -0.116. The van der Waals surface area contributed by atoms with E-state index in [1.807, 2.05) is 51.1 Å². The Morgan fingerprint density at radius 3 is 2.23 bits per heavy atom. The van der Waals surface area contributed by atoms with Crippen LogP contribution in [0.4, 0.5) is 11.4 Å². The second kappa shape index (κ2) is 8.36. The van der Waals surface area contributed by atoms with Gasteiger partial charge in [-0.05, 0) is 61.2 Å². The van der Waals surface area contributed by atoms with Gasteiger partial charge in [0, 0.05) is 18.7 Å². The van der Waals surface area contributed by atoms with Crippen LogP contribution < -0.4 is 9.62 Å². The lowest BCUT2D eigenvalue weighted by Gasteiger charge is -2.22. The Balaban J connectivity index is 2.06. The fourth-order valence-corrected chi connectivity index (χ4v) is 3.56. The predicted octanol–water partition coefficient (Wildman–Crippen LogP) is 3.66. The van der Waals surface area contributed by atoms with E-state index in [0.717, 1.165) is 35.1 Å². The van der Waals surface area contributed by atoms with Gasteiger partial charge in [0.15, 0.2) is 0 Å². The minimum Gasteiger partial charge on any atom is -0.326 e. The molecule has 0 heterocycles. The van der Waals surface area contributed by atoms with E-state index in [9.17, 15) is 13.2 Å². The quantitative estimate of drug-likeness (QED) is 0.804. The molecule has 0 aliphatic rings. The van der Waals surface area contributed by atoms with Gasteiger partial charge in [0.05, 0.1) is 11.9 Å². The van der Waals surface area contributed by atoms with E-state index in [-0.39, 0.29) is 18.9 Å². The zero-order valence-electron chi connectivity index (χ0n) is 15.7. The summed E-state index contributed by atoms with van der Waals surface area (Å²) >= 11 is 0. The first kappa shape index (κ1) is 20.0. The van der Waals surface area contributed by atoms with Crippen molar-refractivity contribution in [2.24, 2.45) is 0 Å². The average molecular weight is 375 g/mol. The fraction of sp³-hybridized carbons (Fsp3) is 0.350. The summed E-state index contributed by atoms with van der Waals surface area (Å²) in [6, 6.07) is 13.1. The Kier molecular flexibility index (Phi) is 6.42. The second-order valence-corrected chi connectivity index (χ2v) is 8.36. The monoisotopic (exact) mass is 374 g/mol. The molecule has 26 heavy (non-hydrogen) atoms. The molecule has 0 atom stereocenters. The van der Waals surface area contributed by atoms with E-state index in [0.29, 0.717) is 5.69 Å². The Hall–Kier alpha value is -2.34. The lowest BCUT2D eigenvalue weighted by Crippen LogP contribution is -2.33. The van der Waals surface area contributed by atoms with Crippen molar-refractivity contribution < 1.29 is 13.2 Å². The lowest BCUT2D eigenvalue weighted by atomic mass is 10.1. The minimum atomic E-state index is -3.47. The fourth-order valence-electron chi connectivity index (χ4n) is 2.63. The summed E-state index contributed by atoms with van der Waals surface area (Å²) in [5, 5.41) is 2.83. The molecular formula is C20H26N2O3S. The summed E-state index contributed by atoms with van der Waals surface area (Å²) in [6.45, 7) is 6.13. The highest BCUT2D eigenvalue weighted by molar-refractivity contribution is 7.92. The molecule has 0 fully saturated rings. The number of rotatable bonds is 7. The molecule has 0 bridgehead atoms. The van der Waals surface area contributed by atoms with E-state index >= 15 is 0 Å². The standard InChI is InChI=1S/C20H26N2O3S/c1-5-17-7-10-19(11-8-17)22(26(4,24)25)13-12-20(23)21-18-9-6-15(2)16(3)14-18/h6-11,14H,5,12-13H2,1-4H3,(H,21,23). The van der Waals surface area contributed by atoms with Crippen molar-refractivity contribution in [1.82, 2.24) is 0 Å². The number of hydrogen-bond donors (Lipinski definition) is 1. The van der Waals surface area contributed by atoms with Crippen molar-refractivity contribution in [1.29, 1.82) is 0 Å². The number of amides is 1. The maximum atomic E-state index is 12.2. The maximum absolute atomic E-state index is 12.2. The summed E-state index contributed by atoms with van der Waals surface area (Å²) in [7, 11) is -3.47. The highest BCUT2D eigenvalue weighted by atomic mass is 32.2. The van der Waals surface area contributed by atoms with E-state index in [4.69, 9.17) is 0 Å². The number of nitrogens with one attached hydrogen (secondary N) is 1. The number of anilines is 2. The molecule has 0 aliphatic heterocycles. The van der Waals surface area contributed by atoms with E-state index in [1.54, 1.807) is 12.1 Å². The van der Waals surface area contributed by atoms with Crippen molar-refractivity contribution in [3.05, 3.63) is 59.2 Å². The largest absolute Gasteiger partial charge is 0.326 e. The number of nitrogens with zero attached hydrogens (tertiary/aromatic N) is 1. The van der Waals surface area contributed by atoms with E-state index in [1.165, 1.54) is 4.31 Å². The zero-order chi connectivity index (χ0) is 19.3. The van der Waals surface area contributed by atoms with Gasteiger partial charge in [-0.3, -0.25) is 9.10 Å².